The second kappa shape index (κ2) is 5.49. The zero-order valence-corrected chi connectivity index (χ0v) is 12.1. The number of aromatic amines is 1. The van der Waals surface area contributed by atoms with Crippen molar-refractivity contribution in [1.29, 1.82) is 0 Å². The van der Waals surface area contributed by atoms with Gasteiger partial charge in [0.2, 0.25) is 0 Å². The minimum Gasteiger partial charge on any atom is -0.448 e. The lowest BCUT2D eigenvalue weighted by molar-refractivity contribution is 0.468. The van der Waals surface area contributed by atoms with Gasteiger partial charge in [0.1, 0.15) is 18.4 Å². The second-order valence-electron chi connectivity index (χ2n) is 4.40. The van der Waals surface area contributed by atoms with Crippen molar-refractivity contribution in [3.8, 4) is 0 Å². The molecule has 0 aliphatic carbocycles. The van der Waals surface area contributed by atoms with Crippen LogP contribution < -0.4 is 0 Å². The maximum atomic E-state index is 5.68. The SMILES string of the molecule is C(=Nn1cnnc1)c1ccc(Sc2nc3ccccc3[nH]2)o1. The summed E-state index contributed by atoms with van der Waals surface area (Å²) in [5, 5.41) is 13.0. The van der Waals surface area contributed by atoms with Crippen LogP contribution >= 0.6 is 11.8 Å². The van der Waals surface area contributed by atoms with E-state index in [9.17, 15) is 0 Å². The summed E-state index contributed by atoms with van der Waals surface area (Å²) in [5.74, 6) is 0.646. The first-order valence-corrected chi connectivity index (χ1v) is 7.30. The van der Waals surface area contributed by atoms with Gasteiger partial charge in [-0.3, -0.25) is 0 Å². The molecule has 4 aromatic rings. The summed E-state index contributed by atoms with van der Waals surface area (Å²) in [6, 6.07) is 11.6. The zero-order valence-electron chi connectivity index (χ0n) is 11.2. The highest BCUT2D eigenvalue weighted by Crippen LogP contribution is 2.28. The summed E-state index contributed by atoms with van der Waals surface area (Å²) >= 11 is 1.43. The Bertz CT molecular complexity index is 891. The maximum absolute atomic E-state index is 5.68. The quantitative estimate of drug-likeness (QED) is 0.586. The molecule has 4 rings (SSSR count). The molecule has 1 aromatic carbocycles. The molecule has 3 aromatic heterocycles. The van der Waals surface area contributed by atoms with Crippen molar-refractivity contribution < 1.29 is 4.42 Å². The van der Waals surface area contributed by atoms with Crippen LogP contribution in [0.25, 0.3) is 11.0 Å². The predicted octanol–water partition coefficient (Wildman–Crippen LogP) is 2.78. The van der Waals surface area contributed by atoms with Crippen LogP contribution in [0.15, 0.2) is 68.8 Å². The Kier molecular flexibility index (Phi) is 3.20. The standard InChI is InChI=1S/C14H10N6OS/c1-2-4-12-11(3-1)18-14(19-12)22-13-6-5-10(21-13)7-17-20-8-15-16-9-20/h1-9H,(H,18,19). The molecular weight excluding hydrogens is 300 g/mol. The van der Waals surface area contributed by atoms with Gasteiger partial charge in [-0.15, -0.1) is 10.2 Å². The highest BCUT2D eigenvalue weighted by Gasteiger charge is 2.07. The first-order chi connectivity index (χ1) is 10.9. The normalized spacial score (nSPS) is 11.6. The molecule has 8 heteroatoms. The van der Waals surface area contributed by atoms with Crippen LogP contribution in [0.1, 0.15) is 5.76 Å². The molecule has 0 aliphatic heterocycles. The van der Waals surface area contributed by atoms with Gasteiger partial charge in [-0.2, -0.15) is 5.10 Å². The molecule has 22 heavy (non-hydrogen) atoms. The molecule has 0 bridgehead atoms. The number of hydrogen-bond acceptors (Lipinski definition) is 6. The molecule has 3 heterocycles. The van der Waals surface area contributed by atoms with Gasteiger partial charge in [0, 0.05) is 0 Å². The third-order valence-corrected chi connectivity index (χ3v) is 3.70. The maximum Gasteiger partial charge on any atom is 0.174 e. The molecule has 0 atom stereocenters. The fourth-order valence-electron chi connectivity index (χ4n) is 1.91. The molecular formula is C14H10N6OS. The summed E-state index contributed by atoms with van der Waals surface area (Å²) in [4.78, 5) is 7.74. The van der Waals surface area contributed by atoms with Crippen LogP contribution in [-0.2, 0) is 0 Å². The zero-order chi connectivity index (χ0) is 14.8. The van der Waals surface area contributed by atoms with E-state index in [4.69, 9.17) is 4.42 Å². The van der Waals surface area contributed by atoms with Gasteiger partial charge in [0.05, 0.1) is 17.2 Å². The number of nitrogens with one attached hydrogen (secondary N) is 1. The molecule has 0 radical (unpaired) electrons. The van der Waals surface area contributed by atoms with Crippen LogP contribution in [0.3, 0.4) is 0 Å². The van der Waals surface area contributed by atoms with Gasteiger partial charge in [0.15, 0.2) is 10.2 Å². The van der Waals surface area contributed by atoms with Crippen LogP contribution in [0.5, 0.6) is 0 Å². The minimum absolute atomic E-state index is 0.646. The molecule has 0 aliphatic rings. The van der Waals surface area contributed by atoms with Crippen molar-refractivity contribution in [3.05, 3.63) is 54.8 Å². The smallest absolute Gasteiger partial charge is 0.174 e. The molecule has 0 spiro atoms. The van der Waals surface area contributed by atoms with E-state index in [1.165, 1.54) is 29.1 Å². The third-order valence-electron chi connectivity index (χ3n) is 2.89. The number of aromatic nitrogens is 5. The monoisotopic (exact) mass is 310 g/mol. The predicted molar refractivity (Wildman–Crippen MR) is 81.9 cm³/mol. The lowest BCUT2D eigenvalue weighted by atomic mass is 10.3. The summed E-state index contributed by atoms with van der Waals surface area (Å²) in [5.41, 5.74) is 1.94. The average molecular weight is 310 g/mol. The van der Waals surface area contributed by atoms with E-state index < -0.39 is 0 Å². The number of para-hydroxylation sites is 2. The summed E-state index contributed by atoms with van der Waals surface area (Å²) in [6.07, 6.45) is 4.61. The average Bonchev–Trinajstić information content (AvgIpc) is 3.26. The van der Waals surface area contributed by atoms with Crippen LogP contribution in [0.4, 0.5) is 0 Å². The van der Waals surface area contributed by atoms with Crippen molar-refractivity contribution in [2.45, 2.75) is 10.2 Å². The molecule has 7 nitrogen and oxygen atoms in total. The number of H-pyrrole nitrogens is 1. The van der Waals surface area contributed by atoms with Gasteiger partial charge in [-0.25, -0.2) is 9.66 Å². The van der Waals surface area contributed by atoms with Crippen LogP contribution in [0.2, 0.25) is 0 Å². The van der Waals surface area contributed by atoms with Gasteiger partial charge in [-0.1, -0.05) is 12.1 Å². The van der Waals surface area contributed by atoms with E-state index in [0.717, 1.165) is 21.3 Å². The Balaban J connectivity index is 1.51. The topological polar surface area (TPSA) is 84.9 Å². The third kappa shape index (κ3) is 2.63. The molecule has 0 amide bonds. The Morgan fingerprint density at radius 3 is 2.86 bits per heavy atom. The largest absolute Gasteiger partial charge is 0.448 e. The van der Waals surface area contributed by atoms with Gasteiger partial charge in [-0.05, 0) is 36.0 Å². The molecule has 0 unspecified atom stereocenters. The van der Waals surface area contributed by atoms with Gasteiger partial charge < -0.3 is 9.40 Å². The lowest BCUT2D eigenvalue weighted by Gasteiger charge is -1.91. The number of fused-ring (bicyclic) bond motifs is 1. The first-order valence-electron chi connectivity index (χ1n) is 6.48. The Morgan fingerprint density at radius 2 is 2.00 bits per heavy atom. The molecule has 0 saturated carbocycles. The molecule has 108 valence electrons. The highest BCUT2D eigenvalue weighted by atomic mass is 32.2. The Morgan fingerprint density at radius 1 is 1.14 bits per heavy atom. The Hall–Kier alpha value is -2.87. The summed E-state index contributed by atoms with van der Waals surface area (Å²) in [7, 11) is 0. The van der Waals surface area contributed by atoms with Crippen LogP contribution in [-0.4, -0.2) is 31.1 Å². The summed E-state index contributed by atoms with van der Waals surface area (Å²) in [6.45, 7) is 0. The number of rotatable bonds is 4. The highest BCUT2D eigenvalue weighted by molar-refractivity contribution is 7.99. The van der Waals surface area contributed by atoms with Crippen molar-refractivity contribution >= 4 is 29.0 Å². The Labute approximate surface area is 129 Å². The number of furan rings is 1. The van der Waals surface area contributed by atoms with E-state index in [0.29, 0.717) is 5.76 Å². The van der Waals surface area contributed by atoms with Crippen molar-refractivity contribution in [3.63, 3.8) is 0 Å². The first kappa shape index (κ1) is 12.8. The van der Waals surface area contributed by atoms with E-state index in [-0.39, 0.29) is 0 Å². The van der Waals surface area contributed by atoms with Crippen molar-refractivity contribution in [1.82, 2.24) is 24.8 Å². The van der Waals surface area contributed by atoms with E-state index in [2.05, 4.69) is 25.3 Å². The van der Waals surface area contributed by atoms with Crippen molar-refractivity contribution in [2.24, 2.45) is 5.10 Å². The molecule has 0 fully saturated rings. The van der Waals surface area contributed by atoms with E-state index >= 15 is 0 Å². The number of imidazole rings is 1. The summed E-state index contributed by atoms with van der Waals surface area (Å²) < 4.78 is 7.18. The molecule has 1 N–H and O–H groups in total. The fraction of sp³-hybridized carbons (Fsp3) is 0. The number of hydrogen-bond donors (Lipinski definition) is 1. The fourth-order valence-corrected chi connectivity index (χ4v) is 2.68. The number of nitrogens with zero attached hydrogens (tertiary/aromatic N) is 5. The van der Waals surface area contributed by atoms with Gasteiger partial charge >= 0.3 is 0 Å². The van der Waals surface area contributed by atoms with Crippen molar-refractivity contribution in [2.75, 3.05) is 0 Å². The minimum atomic E-state index is 0.646. The van der Waals surface area contributed by atoms with Gasteiger partial charge in [0.25, 0.3) is 0 Å². The molecule has 0 saturated heterocycles. The second-order valence-corrected chi connectivity index (χ2v) is 5.40. The lowest BCUT2D eigenvalue weighted by Crippen LogP contribution is -1.84. The number of benzene rings is 1. The van der Waals surface area contributed by atoms with Crippen LogP contribution in [0, 0.1) is 0 Å². The van der Waals surface area contributed by atoms with E-state index in [1.807, 2.05) is 36.4 Å². The van der Waals surface area contributed by atoms with E-state index in [1.54, 1.807) is 6.21 Å².